The molecule has 1 fully saturated rings. The molecule has 1 saturated heterocycles. The maximum atomic E-state index is 13.7. The highest BCUT2D eigenvalue weighted by molar-refractivity contribution is 5.80. The van der Waals surface area contributed by atoms with E-state index in [4.69, 9.17) is 0 Å². The Morgan fingerprint density at radius 2 is 1.87 bits per heavy atom. The summed E-state index contributed by atoms with van der Waals surface area (Å²) in [6.45, 7) is 3.24. The summed E-state index contributed by atoms with van der Waals surface area (Å²) in [6.07, 6.45) is 2.87. The molecule has 5 rings (SSSR count). The Balaban J connectivity index is 1.55. The molecule has 30 heavy (non-hydrogen) atoms. The number of nitrogens with zero attached hydrogens (tertiary/aromatic N) is 4. The van der Waals surface area contributed by atoms with Crippen molar-refractivity contribution in [3.8, 4) is 5.82 Å². The molecule has 0 atom stereocenters. The van der Waals surface area contributed by atoms with Gasteiger partial charge in [-0.25, -0.2) is 18.9 Å². The van der Waals surface area contributed by atoms with Crippen molar-refractivity contribution in [2.45, 2.75) is 13.0 Å². The zero-order valence-electron chi connectivity index (χ0n) is 16.3. The van der Waals surface area contributed by atoms with E-state index in [1.165, 1.54) is 34.8 Å². The molecule has 6 nitrogen and oxygen atoms in total. The second-order valence-electron chi connectivity index (χ2n) is 7.38. The smallest absolute Gasteiger partial charge is 0.268 e. The minimum absolute atomic E-state index is 0.205. The Kier molecular flexibility index (Phi) is 4.72. The van der Waals surface area contributed by atoms with Gasteiger partial charge < -0.3 is 5.32 Å². The first kappa shape index (κ1) is 18.4. The van der Waals surface area contributed by atoms with Crippen LogP contribution in [-0.4, -0.2) is 32.5 Å². The molecule has 0 aliphatic carbocycles. The summed E-state index contributed by atoms with van der Waals surface area (Å²) >= 11 is 0. The van der Waals surface area contributed by atoms with Crippen LogP contribution in [0.4, 0.5) is 16.0 Å². The van der Waals surface area contributed by atoms with Crippen LogP contribution < -0.4 is 10.9 Å². The van der Waals surface area contributed by atoms with Gasteiger partial charge in [0.1, 0.15) is 11.6 Å². The van der Waals surface area contributed by atoms with E-state index in [1.807, 2.05) is 12.1 Å². The van der Waals surface area contributed by atoms with E-state index in [9.17, 15) is 9.18 Å². The lowest BCUT2D eigenvalue weighted by Gasteiger charge is -2.30. The number of hydrogen-bond acceptors (Lipinski definition) is 5. The largest absolute Gasteiger partial charge is 0.325 e. The van der Waals surface area contributed by atoms with Crippen LogP contribution in [0.25, 0.3) is 16.7 Å². The third-order valence-corrected chi connectivity index (χ3v) is 5.27. The van der Waals surface area contributed by atoms with Crippen molar-refractivity contribution in [3.05, 3.63) is 88.6 Å². The molecule has 2 aromatic carbocycles. The molecule has 2 aromatic heterocycles. The van der Waals surface area contributed by atoms with Crippen LogP contribution in [0.15, 0.2) is 71.7 Å². The Labute approximate surface area is 172 Å². The lowest BCUT2D eigenvalue weighted by Crippen LogP contribution is -2.36. The first-order valence-corrected chi connectivity index (χ1v) is 9.89. The molecular formula is C23H20FN5O. The molecule has 1 aliphatic heterocycles. The van der Waals surface area contributed by atoms with Gasteiger partial charge in [-0.2, -0.15) is 0 Å². The maximum absolute atomic E-state index is 13.7. The average molecular weight is 401 g/mol. The van der Waals surface area contributed by atoms with Gasteiger partial charge in [0.25, 0.3) is 5.56 Å². The van der Waals surface area contributed by atoms with Gasteiger partial charge in [-0.15, -0.1) is 0 Å². The molecule has 7 heteroatoms. The number of pyridine rings is 1. The Bertz CT molecular complexity index is 1250. The zero-order valence-corrected chi connectivity index (χ0v) is 16.3. The van der Waals surface area contributed by atoms with E-state index in [0.29, 0.717) is 17.3 Å². The Morgan fingerprint density at radius 3 is 2.57 bits per heavy atom. The predicted molar refractivity (Wildman–Crippen MR) is 115 cm³/mol. The number of aromatic nitrogens is 3. The number of rotatable bonds is 5. The Hall–Kier alpha value is -3.58. The second kappa shape index (κ2) is 7.68. The topological polar surface area (TPSA) is 63.1 Å². The fourth-order valence-corrected chi connectivity index (χ4v) is 3.56. The summed E-state index contributed by atoms with van der Waals surface area (Å²) in [4.78, 5) is 24.4. The Morgan fingerprint density at radius 1 is 1.03 bits per heavy atom. The summed E-state index contributed by atoms with van der Waals surface area (Å²) in [7, 11) is 0. The van der Waals surface area contributed by atoms with Crippen LogP contribution in [0.3, 0.4) is 0 Å². The minimum Gasteiger partial charge on any atom is -0.325 e. The summed E-state index contributed by atoms with van der Waals surface area (Å²) in [5, 5.41) is 3.44. The first-order valence-electron chi connectivity index (χ1n) is 9.89. The molecule has 0 saturated carbocycles. The van der Waals surface area contributed by atoms with E-state index in [0.717, 1.165) is 25.3 Å². The third kappa shape index (κ3) is 3.55. The number of benzene rings is 2. The third-order valence-electron chi connectivity index (χ3n) is 5.27. The number of nitrogens with one attached hydrogen (secondary N) is 1. The highest BCUT2D eigenvalue weighted by Crippen LogP contribution is 2.21. The van der Waals surface area contributed by atoms with Crippen molar-refractivity contribution in [1.82, 2.24) is 19.4 Å². The molecule has 0 radical (unpaired) electrons. The van der Waals surface area contributed by atoms with E-state index in [1.54, 1.807) is 24.4 Å². The van der Waals surface area contributed by atoms with E-state index in [-0.39, 0.29) is 10.9 Å². The molecule has 1 aliphatic rings. The molecule has 0 spiro atoms. The van der Waals surface area contributed by atoms with Crippen LogP contribution >= 0.6 is 0 Å². The number of fused-ring (bicyclic) bond motifs is 1. The van der Waals surface area contributed by atoms with Crippen LogP contribution in [-0.2, 0) is 6.54 Å². The molecule has 150 valence electrons. The monoisotopic (exact) mass is 401 g/mol. The number of anilines is 2. The van der Waals surface area contributed by atoms with Crippen molar-refractivity contribution in [1.29, 1.82) is 0 Å². The molecular weight excluding hydrogens is 381 g/mol. The van der Waals surface area contributed by atoms with Crippen LogP contribution in [0, 0.1) is 5.82 Å². The fraction of sp³-hybridized carbons (Fsp3) is 0.174. The number of likely N-dealkylation sites (tertiary alicyclic amines) is 1. The molecule has 1 N–H and O–H groups in total. The summed E-state index contributed by atoms with van der Waals surface area (Å²) in [5.74, 6) is 0.263. The normalized spacial score (nSPS) is 13.9. The van der Waals surface area contributed by atoms with Crippen molar-refractivity contribution in [2.24, 2.45) is 0 Å². The van der Waals surface area contributed by atoms with Gasteiger partial charge in [0.15, 0.2) is 0 Å². The van der Waals surface area contributed by atoms with Crippen molar-refractivity contribution >= 4 is 22.5 Å². The van der Waals surface area contributed by atoms with E-state index >= 15 is 0 Å². The van der Waals surface area contributed by atoms with Crippen LogP contribution in [0.2, 0.25) is 0 Å². The minimum atomic E-state index is -0.479. The van der Waals surface area contributed by atoms with Gasteiger partial charge in [-0.1, -0.05) is 18.2 Å². The molecule has 0 amide bonds. The SMILES string of the molecule is O=c1c2cc(F)ccc2nc(Nc2ccc(CN3CCC3)cc2)n1-c1ccccn1. The summed E-state index contributed by atoms with van der Waals surface area (Å²) in [5.41, 5.74) is 2.09. The second-order valence-corrected chi connectivity index (χ2v) is 7.38. The van der Waals surface area contributed by atoms with Gasteiger partial charge >= 0.3 is 0 Å². The van der Waals surface area contributed by atoms with Gasteiger partial charge in [-0.05, 0) is 67.5 Å². The lowest BCUT2D eigenvalue weighted by molar-refractivity contribution is 0.172. The fourth-order valence-electron chi connectivity index (χ4n) is 3.56. The quantitative estimate of drug-likeness (QED) is 0.550. The highest BCUT2D eigenvalue weighted by atomic mass is 19.1. The predicted octanol–water partition coefficient (Wildman–Crippen LogP) is 3.87. The van der Waals surface area contributed by atoms with E-state index < -0.39 is 5.82 Å². The zero-order chi connectivity index (χ0) is 20.5. The number of hydrogen-bond donors (Lipinski definition) is 1. The lowest BCUT2D eigenvalue weighted by atomic mass is 10.1. The van der Waals surface area contributed by atoms with Gasteiger partial charge in [0.05, 0.1) is 10.9 Å². The van der Waals surface area contributed by atoms with Gasteiger partial charge in [0, 0.05) is 18.4 Å². The van der Waals surface area contributed by atoms with Gasteiger partial charge in [-0.3, -0.25) is 9.69 Å². The molecule has 4 aromatic rings. The standard InChI is InChI=1S/C23H20FN5O/c24-17-7-10-20-19(14-17)22(30)29(21-4-1-2-11-25-21)23(27-20)26-18-8-5-16(6-9-18)15-28-12-3-13-28/h1-2,4-11,14H,3,12-13,15H2,(H,26,27). The molecule has 0 bridgehead atoms. The van der Waals surface area contributed by atoms with Crippen LogP contribution in [0.1, 0.15) is 12.0 Å². The van der Waals surface area contributed by atoms with E-state index in [2.05, 4.69) is 32.3 Å². The van der Waals surface area contributed by atoms with Crippen LogP contribution in [0.5, 0.6) is 0 Å². The maximum Gasteiger partial charge on any atom is 0.268 e. The van der Waals surface area contributed by atoms with Crippen molar-refractivity contribution in [3.63, 3.8) is 0 Å². The van der Waals surface area contributed by atoms with Gasteiger partial charge in [0.2, 0.25) is 5.95 Å². The number of halogens is 1. The van der Waals surface area contributed by atoms with Crippen molar-refractivity contribution in [2.75, 3.05) is 18.4 Å². The molecule has 0 unspecified atom stereocenters. The summed E-state index contributed by atoms with van der Waals surface area (Å²) < 4.78 is 15.1. The summed E-state index contributed by atoms with van der Waals surface area (Å²) in [6, 6.07) is 17.4. The molecule has 3 heterocycles. The highest BCUT2D eigenvalue weighted by Gasteiger charge is 2.16. The van der Waals surface area contributed by atoms with Crippen molar-refractivity contribution < 1.29 is 4.39 Å². The average Bonchev–Trinajstić information content (AvgIpc) is 2.73. The first-order chi connectivity index (χ1) is 14.7.